The van der Waals surface area contributed by atoms with Crippen LogP contribution in [0.3, 0.4) is 0 Å². The summed E-state index contributed by atoms with van der Waals surface area (Å²) in [7, 11) is 0. The third-order valence-corrected chi connectivity index (χ3v) is 6.34. The zero-order chi connectivity index (χ0) is 22.1. The SMILES string of the molecule is Cc1ccc(-c2noc(C(C)N3CCN(C(=O)Cc4c[nH]c5ccccc45)CC3)n2)cc1. The molecule has 164 valence electrons. The Morgan fingerprint density at radius 3 is 2.62 bits per heavy atom. The van der Waals surface area contributed by atoms with Crippen LogP contribution in [0.1, 0.15) is 30.0 Å². The number of H-pyrrole nitrogens is 1. The van der Waals surface area contributed by atoms with E-state index in [4.69, 9.17) is 4.52 Å². The van der Waals surface area contributed by atoms with Gasteiger partial charge >= 0.3 is 0 Å². The second-order valence-electron chi connectivity index (χ2n) is 8.45. The molecule has 32 heavy (non-hydrogen) atoms. The molecule has 1 atom stereocenters. The van der Waals surface area contributed by atoms with Gasteiger partial charge in [-0.25, -0.2) is 0 Å². The fourth-order valence-corrected chi connectivity index (χ4v) is 4.29. The van der Waals surface area contributed by atoms with Gasteiger partial charge in [0.15, 0.2) is 0 Å². The highest BCUT2D eigenvalue weighted by molar-refractivity contribution is 5.88. The van der Waals surface area contributed by atoms with E-state index < -0.39 is 0 Å². The van der Waals surface area contributed by atoms with Gasteiger partial charge in [0.2, 0.25) is 17.6 Å². The third kappa shape index (κ3) is 4.03. The molecule has 1 saturated heterocycles. The Balaban J connectivity index is 1.19. The Kier molecular flexibility index (Phi) is 5.49. The first kappa shape index (κ1) is 20.5. The molecule has 1 aliphatic rings. The fraction of sp³-hybridized carbons (Fsp3) is 0.320. The van der Waals surface area contributed by atoms with E-state index in [2.05, 4.69) is 39.9 Å². The molecule has 0 radical (unpaired) electrons. The Morgan fingerprint density at radius 2 is 1.84 bits per heavy atom. The minimum absolute atomic E-state index is 0.00701. The lowest BCUT2D eigenvalue weighted by molar-refractivity contribution is -0.132. The van der Waals surface area contributed by atoms with Gasteiger partial charge in [0.1, 0.15) is 0 Å². The van der Waals surface area contributed by atoms with Crippen molar-refractivity contribution >= 4 is 16.8 Å². The molecule has 2 aromatic heterocycles. The van der Waals surface area contributed by atoms with Crippen molar-refractivity contribution in [2.24, 2.45) is 0 Å². The minimum Gasteiger partial charge on any atom is -0.361 e. The molecule has 1 unspecified atom stereocenters. The number of benzene rings is 2. The second kappa shape index (κ2) is 8.59. The maximum absolute atomic E-state index is 12.9. The summed E-state index contributed by atoms with van der Waals surface area (Å²) in [5.41, 5.74) is 4.27. The standard InChI is InChI=1S/C25H27N5O2/c1-17-7-9-19(10-8-17)24-27-25(32-28-24)18(2)29-11-13-30(14-12-29)23(31)15-20-16-26-22-6-4-3-5-21(20)22/h3-10,16,18,26H,11-15H2,1-2H3. The fourth-order valence-electron chi connectivity index (χ4n) is 4.29. The number of piperazine rings is 1. The van der Waals surface area contributed by atoms with Crippen LogP contribution < -0.4 is 0 Å². The quantitative estimate of drug-likeness (QED) is 0.519. The Morgan fingerprint density at radius 1 is 1.09 bits per heavy atom. The molecule has 1 fully saturated rings. The van der Waals surface area contributed by atoms with Crippen LogP contribution in [-0.2, 0) is 11.2 Å². The van der Waals surface area contributed by atoms with Gasteiger partial charge in [-0.3, -0.25) is 9.69 Å². The Hall–Kier alpha value is -3.45. The molecule has 7 heteroatoms. The van der Waals surface area contributed by atoms with E-state index in [1.54, 1.807) is 0 Å². The van der Waals surface area contributed by atoms with Crippen LogP contribution in [0.5, 0.6) is 0 Å². The maximum Gasteiger partial charge on any atom is 0.244 e. The molecule has 7 nitrogen and oxygen atoms in total. The molecular weight excluding hydrogens is 402 g/mol. The number of hydrogen-bond donors (Lipinski definition) is 1. The summed E-state index contributed by atoms with van der Waals surface area (Å²) < 4.78 is 5.56. The van der Waals surface area contributed by atoms with Crippen LogP contribution in [0.15, 0.2) is 59.3 Å². The summed E-state index contributed by atoms with van der Waals surface area (Å²) in [6.07, 6.45) is 2.37. The molecule has 4 aromatic rings. The number of nitrogens with one attached hydrogen (secondary N) is 1. The van der Waals surface area contributed by atoms with Gasteiger partial charge in [0.05, 0.1) is 12.5 Å². The lowest BCUT2D eigenvalue weighted by atomic mass is 10.1. The third-order valence-electron chi connectivity index (χ3n) is 6.34. The number of carbonyl (C=O) groups excluding carboxylic acids is 1. The van der Waals surface area contributed by atoms with Gasteiger partial charge < -0.3 is 14.4 Å². The normalized spacial score (nSPS) is 15.9. The van der Waals surface area contributed by atoms with Crippen molar-refractivity contribution < 1.29 is 9.32 Å². The second-order valence-corrected chi connectivity index (χ2v) is 8.45. The summed E-state index contributed by atoms with van der Waals surface area (Å²) >= 11 is 0. The molecule has 0 saturated carbocycles. The topological polar surface area (TPSA) is 78.3 Å². The first-order valence-corrected chi connectivity index (χ1v) is 11.1. The van der Waals surface area contributed by atoms with Gasteiger partial charge in [-0.1, -0.05) is 53.2 Å². The van der Waals surface area contributed by atoms with Crippen LogP contribution >= 0.6 is 0 Å². The number of fused-ring (bicyclic) bond motifs is 1. The number of nitrogens with zero attached hydrogens (tertiary/aromatic N) is 4. The van der Waals surface area contributed by atoms with Crippen molar-refractivity contribution in [3.63, 3.8) is 0 Å². The molecule has 2 aromatic carbocycles. The summed E-state index contributed by atoms with van der Waals surface area (Å²) in [5, 5.41) is 5.28. The zero-order valence-corrected chi connectivity index (χ0v) is 18.4. The number of rotatable bonds is 5. The number of aromatic nitrogens is 3. The lowest BCUT2D eigenvalue weighted by Gasteiger charge is -2.36. The number of aryl methyl sites for hydroxylation is 1. The van der Waals surface area contributed by atoms with E-state index in [0.29, 0.717) is 31.2 Å². The maximum atomic E-state index is 12.9. The van der Waals surface area contributed by atoms with Gasteiger partial charge in [-0.15, -0.1) is 0 Å². The predicted molar refractivity (Wildman–Crippen MR) is 123 cm³/mol. The molecule has 0 bridgehead atoms. The Labute approximate surface area is 187 Å². The molecule has 3 heterocycles. The Bertz CT molecular complexity index is 1220. The monoisotopic (exact) mass is 429 g/mol. The largest absolute Gasteiger partial charge is 0.361 e. The number of para-hydroxylation sites is 1. The zero-order valence-electron chi connectivity index (χ0n) is 18.4. The van der Waals surface area contributed by atoms with E-state index in [-0.39, 0.29) is 11.9 Å². The van der Waals surface area contributed by atoms with Crippen molar-refractivity contribution in [2.45, 2.75) is 26.3 Å². The summed E-state index contributed by atoms with van der Waals surface area (Å²) in [6, 6.07) is 16.2. The van der Waals surface area contributed by atoms with Crippen molar-refractivity contribution in [3.8, 4) is 11.4 Å². The van der Waals surface area contributed by atoms with E-state index in [1.165, 1.54) is 5.56 Å². The van der Waals surface area contributed by atoms with Gasteiger partial charge in [0.25, 0.3) is 0 Å². The average molecular weight is 430 g/mol. The average Bonchev–Trinajstić information content (AvgIpc) is 3.47. The minimum atomic E-state index is 0.00701. The van der Waals surface area contributed by atoms with Gasteiger partial charge in [-0.05, 0) is 25.5 Å². The van der Waals surface area contributed by atoms with Crippen molar-refractivity contribution in [1.29, 1.82) is 0 Å². The number of aromatic amines is 1. The number of amides is 1. The molecule has 5 rings (SSSR count). The first-order valence-electron chi connectivity index (χ1n) is 11.1. The van der Waals surface area contributed by atoms with Crippen molar-refractivity contribution in [1.82, 2.24) is 24.9 Å². The highest BCUT2D eigenvalue weighted by Gasteiger charge is 2.28. The van der Waals surface area contributed by atoms with Crippen LogP contribution in [-0.4, -0.2) is 57.0 Å². The first-order chi connectivity index (χ1) is 15.6. The number of hydrogen-bond acceptors (Lipinski definition) is 5. The number of carbonyl (C=O) groups is 1. The van der Waals surface area contributed by atoms with E-state index >= 15 is 0 Å². The molecule has 0 spiro atoms. The summed E-state index contributed by atoms with van der Waals surface area (Å²) in [5.74, 6) is 1.39. The van der Waals surface area contributed by atoms with Crippen molar-refractivity contribution in [3.05, 3.63) is 71.7 Å². The molecular formula is C25H27N5O2. The van der Waals surface area contributed by atoms with Crippen LogP contribution in [0.4, 0.5) is 0 Å². The van der Waals surface area contributed by atoms with Crippen LogP contribution in [0.25, 0.3) is 22.3 Å². The highest BCUT2D eigenvalue weighted by Crippen LogP contribution is 2.24. The summed E-state index contributed by atoms with van der Waals surface area (Å²) in [4.78, 5) is 25.0. The molecule has 1 aliphatic heterocycles. The van der Waals surface area contributed by atoms with Crippen LogP contribution in [0, 0.1) is 6.92 Å². The van der Waals surface area contributed by atoms with Crippen molar-refractivity contribution in [2.75, 3.05) is 26.2 Å². The molecule has 0 aliphatic carbocycles. The van der Waals surface area contributed by atoms with E-state index in [1.807, 2.05) is 53.6 Å². The summed E-state index contributed by atoms with van der Waals surface area (Å²) in [6.45, 7) is 7.09. The molecule has 1 N–H and O–H groups in total. The smallest absolute Gasteiger partial charge is 0.244 e. The molecule has 1 amide bonds. The van der Waals surface area contributed by atoms with Gasteiger partial charge in [-0.2, -0.15) is 4.98 Å². The van der Waals surface area contributed by atoms with Crippen LogP contribution in [0.2, 0.25) is 0 Å². The highest BCUT2D eigenvalue weighted by atomic mass is 16.5. The van der Waals surface area contributed by atoms with E-state index in [9.17, 15) is 4.79 Å². The predicted octanol–water partition coefficient (Wildman–Crippen LogP) is 3.97. The van der Waals surface area contributed by atoms with Gasteiger partial charge in [0, 0.05) is 48.8 Å². The van der Waals surface area contributed by atoms with E-state index in [0.717, 1.165) is 35.1 Å². The lowest BCUT2D eigenvalue weighted by Crippen LogP contribution is -2.49.